The molecule has 104 valence electrons. The Kier molecular flexibility index (Phi) is 5.11. The molecule has 0 atom stereocenters. The molecule has 9 heteroatoms. The summed E-state index contributed by atoms with van der Waals surface area (Å²) in [5, 5.41) is 10.1. The largest absolute Gasteiger partial charge is 0.466 e. The summed E-state index contributed by atoms with van der Waals surface area (Å²) in [5.74, 6) is -1.54. The number of carbonyl (C=O) groups is 1. The molecule has 0 spiro atoms. The van der Waals surface area contributed by atoms with Crippen molar-refractivity contribution in [3.63, 3.8) is 0 Å². The summed E-state index contributed by atoms with van der Waals surface area (Å²) in [5.41, 5.74) is -1.03. The molecular weight excluding hydrogens is 286 g/mol. The van der Waals surface area contributed by atoms with Gasteiger partial charge in [-0.3, -0.25) is 4.79 Å². The molecule has 6 nitrogen and oxygen atoms in total. The Balaban J connectivity index is 3.21. The van der Waals surface area contributed by atoms with Gasteiger partial charge in [-0.1, -0.05) is 11.6 Å². The highest BCUT2D eigenvalue weighted by molar-refractivity contribution is 6.32. The van der Waals surface area contributed by atoms with Crippen LogP contribution in [-0.2, 0) is 16.0 Å². The summed E-state index contributed by atoms with van der Waals surface area (Å²) >= 11 is 5.65. The van der Waals surface area contributed by atoms with E-state index in [1.807, 2.05) is 0 Å². The fourth-order valence-corrected chi connectivity index (χ4v) is 1.55. The molecule has 1 heterocycles. The van der Waals surface area contributed by atoms with Gasteiger partial charge in [0, 0.05) is 11.6 Å². The maximum atomic E-state index is 12.7. The summed E-state index contributed by atoms with van der Waals surface area (Å²) in [6, 6.07) is 0.585. The lowest BCUT2D eigenvalue weighted by Gasteiger charge is -2.06. The van der Waals surface area contributed by atoms with Gasteiger partial charge in [-0.25, -0.2) is 8.78 Å². The molecule has 0 saturated carbocycles. The van der Waals surface area contributed by atoms with Gasteiger partial charge < -0.3 is 14.9 Å². The molecule has 0 aliphatic carbocycles. The second-order valence-corrected chi connectivity index (χ2v) is 3.75. The van der Waals surface area contributed by atoms with Gasteiger partial charge in [0.2, 0.25) is 0 Å². The number of hydrogen-bond donors (Lipinski definition) is 0. The monoisotopic (exact) mass is 294 g/mol. The van der Waals surface area contributed by atoms with E-state index in [9.17, 15) is 23.7 Å². The van der Waals surface area contributed by atoms with Crippen LogP contribution in [0.2, 0.25) is 5.02 Å². The lowest BCUT2D eigenvalue weighted by atomic mass is 10.2. The van der Waals surface area contributed by atoms with E-state index >= 15 is 0 Å². The Morgan fingerprint density at radius 2 is 2.26 bits per heavy atom. The Morgan fingerprint density at radius 1 is 1.63 bits per heavy atom. The number of aromatic nitrogens is 1. The van der Waals surface area contributed by atoms with Crippen LogP contribution in [0.15, 0.2) is 6.07 Å². The van der Waals surface area contributed by atoms with E-state index in [1.54, 1.807) is 6.92 Å². The molecule has 0 aromatic carbocycles. The van der Waals surface area contributed by atoms with Crippen molar-refractivity contribution in [2.24, 2.45) is 0 Å². The third-order valence-corrected chi connectivity index (χ3v) is 2.52. The van der Waals surface area contributed by atoms with Gasteiger partial charge in [-0.15, -0.1) is 0 Å². The summed E-state index contributed by atoms with van der Waals surface area (Å²) < 4.78 is 30.0. The summed E-state index contributed by atoms with van der Waals surface area (Å²) in [4.78, 5) is 24.4. The van der Waals surface area contributed by atoms with Crippen molar-refractivity contribution < 1.29 is 23.2 Å². The number of halogens is 3. The highest BCUT2D eigenvalue weighted by Crippen LogP contribution is 2.32. The highest BCUT2D eigenvalue weighted by Gasteiger charge is 2.26. The standard InChI is InChI=1S/C10H9ClF2N2O4/c1-2-19-8(16)4-6-9(11)5(10(12)13)3-7(14-6)15(17)18/h3,10H,2,4H2,1H3. The summed E-state index contributed by atoms with van der Waals surface area (Å²) in [7, 11) is 0. The molecule has 19 heavy (non-hydrogen) atoms. The Bertz CT molecular complexity index is 511. The molecule has 1 aromatic heterocycles. The maximum Gasteiger partial charge on any atom is 0.364 e. The molecule has 0 unspecified atom stereocenters. The lowest BCUT2D eigenvalue weighted by Crippen LogP contribution is -2.11. The number of ether oxygens (including phenoxy) is 1. The van der Waals surface area contributed by atoms with Gasteiger partial charge in [-0.2, -0.15) is 0 Å². The van der Waals surface area contributed by atoms with Crippen molar-refractivity contribution in [2.75, 3.05) is 6.61 Å². The average Bonchev–Trinajstić information content (AvgIpc) is 2.31. The quantitative estimate of drug-likeness (QED) is 0.474. The van der Waals surface area contributed by atoms with Crippen LogP contribution in [0.4, 0.5) is 14.6 Å². The first-order valence-corrected chi connectivity index (χ1v) is 5.52. The van der Waals surface area contributed by atoms with Crippen LogP contribution in [0.1, 0.15) is 24.6 Å². The fourth-order valence-electron chi connectivity index (χ4n) is 1.31. The third-order valence-electron chi connectivity index (χ3n) is 2.08. The Labute approximate surface area is 111 Å². The molecular formula is C10H9ClF2N2O4. The molecule has 0 amide bonds. The zero-order valence-corrected chi connectivity index (χ0v) is 10.5. The van der Waals surface area contributed by atoms with Crippen molar-refractivity contribution in [3.05, 3.63) is 32.5 Å². The molecule has 0 radical (unpaired) electrons. The summed E-state index contributed by atoms with van der Waals surface area (Å²) in [6.07, 6.45) is -3.51. The Hall–Kier alpha value is -1.83. The number of carbonyl (C=O) groups excluding carboxylic acids is 1. The van der Waals surface area contributed by atoms with Crippen LogP contribution >= 0.6 is 11.6 Å². The van der Waals surface area contributed by atoms with Crippen LogP contribution in [0, 0.1) is 10.1 Å². The van der Waals surface area contributed by atoms with E-state index in [2.05, 4.69) is 9.72 Å². The van der Waals surface area contributed by atoms with Crippen molar-refractivity contribution in [3.8, 4) is 0 Å². The fraction of sp³-hybridized carbons (Fsp3) is 0.400. The van der Waals surface area contributed by atoms with E-state index in [0.717, 1.165) is 0 Å². The molecule has 0 aliphatic heterocycles. The maximum absolute atomic E-state index is 12.7. The molecule has 0 aliphatic rings. The second-order valence-electron chi connectivity index (χ2n) is 3.37. The van der Waals surface area contributed by atoms with E-state index in [1.165, 1.54) is 0 Å². The van der Waals surface area contributed by atoms with Crippen molar-refractivity contribution in [1.82, 2.24) is 4.98 Å². The molecule has 1 aromatic rings. The van der Waals surface area contributed by atoms with Crippen LogP contribution in [0.25, 0.3) is 0 Å². The van der Waals surface area contributed by atoms with Crippen LogP contribution in [0.3, 0.4) is 0 Å². The topological polar surface area (TPSA) is 82.3 Å². The summed E-state index contributed by atoms with van der Waals surface area (Å²) in [6.45, 7) is 1.65. The van der Waals surface area contributed by atoms with Gasteiger partial charge in [0.05, 0.1) is 11.6 Å². The number of rotatable bonds is 5. The molecule has 0 N–H and O–H groups in total. The number of nitrogens with zero attached hydrogens (tertiary/aromatic N) is 2. The third kappa shape index (κ3) is 3.82. The zero-order valence-electron chi connectivity index (χ0n) is 9.73. The number of pyridine rings is 1. The molecule has 1 rings (SSSR count). The van der Waals surface area contributed by atoms with Gasteiger partial charge in [-0.05, 0) is 16.8 Å². The van der Waals surface area contributed by atoms with Gasteiger partial charge >= 0.3 is 11.8 Å². The predicted molar refractivity (Wildman–Crippen MR) is 61.2 cm³/mol. The predicted octanol–water partition coefficient (Wildman–Crippen LogP) is 2.69. The normalized spacial score (nSPS) is 10.6. The Morgan fingerprint density at radius 3 is 2.74 bits per heavy atom. The van der Waals surface area contributed by atoms with Gasteiger partial charge in [0.15, 0.2) is 5.69 Å². The van der Waals surface area contributed by atoms with Crippen molar-refractivity contribution in [1.29, 1.82) is 0 Å². The van der Waals surface area contributed by atoms with E-state index in [0.29, 0.717) is 6.07 Å². The first-order valence-electron chi connectivity index (χ1n) is 5.14. The number of hydrogen-bond acceptors (Lipinski definition) is 5. The first kappa shape index (κ1) is 15.2. The number of esters is 1. The zero-order chi connectivity index (χ0) is 14.6. The highest BCUT2D eigenvalue weighted by atomic mass is 35.5. The van der Waals surface area contributed by atoms with Crippen molar-refractivity contribution in [2.45, 2.75) is 19.8 Å². The average molecular weight is 295 g/mol. The van der Waals surface area contributed by atoms with Gasteiger partial charge in [0.25, 0.3) is 6.43 Å². The molecule has 0 fully saturated rings. The van der Waals surface area contributed by atoms with Crippen LogP contribution < -0.4 is 0 Å². The molecule has 0 saturated heterocycles. The molecule has 0 bridgehead atoms. The minimum Gasteiger partial charge on any atom is -0.466 e. The van der Waals surface area contributed by atoms with E-state index in [4.69, 9.17) is 11.6 Å². The minimum atomic E-state index is -3.00. The lowest BCUT2D eigenvalue weighted by molar-refractivity contribution is -0.389. The van der Waals surface area contributed by atoms with Crippen molar-refractivity contribution >= 4 is 23.4 Å². The van der Waals surface area contributed by atoms with Crippen LogP contribution in [-0.4, -0.2) is 22.5 Å². The SMILES string of the molecule is CCOC(=O)Cc1nc([N+](=O)[O-])cc(C(F)F)c1Cl. The number of nitro groups is 1. The number of alkyl halides is 2. The van der Waals surface area contributed by atoms with Gasteiger partial charge in [0.1, 0.15) is 6.42 Å². The minimum absolute atomic E-state index is 0.0904. The first-order chi connectivity index (χ1) is 8.86. The van der Waals surface area contributed by atoms with E-state index in [-0.39, 0.29) is 12.3 Å². The smallest absolute Gasteiger partial charge is 0.364 e. The second kappa shape index (κ2) is 6.37. The van der Waals surface area contributed by atoms with E-state index < -0.39 is 40.1 Å². The van der Waals surface area contributed by atoms with Crippen LogP contribution in [0.5, 0.6) is 0 Å².